The lowest BCUT2D eigenvalue weighted by atomic mass is 10.4. The molecule has 0 saturated carbocycles. The van der Waals surface area contributed by atoms with Gasteiger partial charge in [-0.25, -0.2) is 4.79 Å². The van der Waals surface area contributed by atoms with E-state index in [1.54, 1.807) is 0 Å². The van der Waals surface area contributed by atoms with Crippen LogP contribution in [0.25, 0.3) is 0 Å². The Bertz CT molecular complexity index is 403. The molecule has 0 aliphatic heterocycles. The number of rotatable bonds is 2. The summed E-state index contributed by atoms with van der Waals surface area (Å²) in [6.07, 6.45) is 0. The van der Waals surface area contributed by atoms with E-state index < -0.39 is 21.1 Å². The number of nitrogens with one attached hydrogen (secondary N) is 1. The number of hydrogen-bond donors (Lipinski definition) is 3. The third-order valence-corrected chi connectivity index (χ3v) is 1.96. The van der Waals surface area contributed by atoms with Crippen LogP contribution in [0.15, 0.2) is 17.2 Å². The van der Waals surface area contributed by atoms with Crippen LogP contribution < -0.4 is 0 Å². The molecule has 0 amide bonds. The molecular weight excluding hydrogens is 186 g/mol. The van der Waals surface area contributed by atoms with Gasteiger partial charge in [0.05, 0.1) is 0 Å². The summed E-state index contributed by atoms with van der Waals surface area (Å²) in [5, 5.41) is 7.83. The maximum atomic E-state index is 10.4. The fourth-order valence-electron chi connectivity index (χ4n) is 0.650. The second-order valence-electron chi connectivity index (χ2n) is 2.02. The number of carbonyl (C=O) groups is 1. The van der Waals surface area contributed by atoms with Crippen LogP contribution in [-0.4, -0.2) is 29.0 Å². The molecule has 1 aromatic heterocycles. The van der Waals surface area contributed by atoms with E-state index in [-0.39, 0.29) is 5.69 Å². The van der Waals surface area contributed by atoms with Crippen molar-refractivity contribution in [2.24, 2.45) is 0 Å². The average Bonchev–Trinajstić information content (AvgIpc) is 2.30. The molecular formula is C5H5NO5S. The number of aromatic amines is 1. The molecule has 1 aromatic rings. The molecule has 0 fully saturated rings. The third-order valence-electron chi connectivity index (χ3n) is 1.17. The van der Waals surface area contributed by atoms with E-state index in [0.717, 1.165) is 12.1 Å². The molecule has 0 bridgehead atoms. The number of aromatic carboxylic acids is 1. The Morgan fingerprint density at radius 3 is 2.25 bits per heavy atom. The third kappa shape index (κ3) is 1.63. The monoisotopic (exact) mass is 191 g/mol. The van der Waals surface area contributed by atoms with Crippen molar-refractivity contribution in [3.8, 4) is 0 Å². The lowest BCUT2D eigenvalue weighted by Gasteiger charge is -1.89. The summed E-state index contributed by atoms with van der Waals surface area (Å²) in [6.45, 7) is 0. The van der Waals surface area contributed by atoms with Gasteiger partial charge in [0, 0.05) is 0 Å². The predicted molar refractivity (Wildman–Crippen MR) is 37.6 cm³/mol. The topological polar surface area (TPSA) is 107 Å². The van der Waals surface area contributed by atoms with Crippen molar-refractivity contribution in [3.63, 3.8) is 0 Å². The molecule has 6 nitrogen and oxygen atoms in total. The van der Waals surface area contributed by atoms with E-state index in [1.165, 1.54) is 0 Å². The van der Waals surface area contributed by atoms with Gasteiger partial charge < -0.3 is 10.1 Å². The summed E-state index contributed by atoms with van der Waals surface area (Å²) >= 11 is 0. The second-order valence-corrected chi connectivity index (χ2v) is 3.41. The first-order valence-electron chi connectivity index (χ1n) is 2.81. The summed E-state index contributed by atoms with van der Waals surface area (Å²) in [5.41, 5.74) is -0.289. The normalized spacial score (nSPS) is 11.4. The van der Waals surface area contributed by atoms with Crippen LogP contribution in [0, 0.1) is 0 Å². The first kappa shape index (κ1) is 8.75. The molecule has 12 heavy (non-hydrogen) atoms. The van der Waals surface area contributed by atoms with Crippen LogP contribution >= 0.6 is 0 Å². The fourth-order valence-corrected chi connectivity index (χ4v) is 1.13. The summed E-state index contributed by atoms with van der Waals surface area (Å²) in [6, 6.07) is 2.02. The molecule has 3 N–H and O–H groups in total. The first-order chi connectivity index (χ1) is 5.41. The highest BCUT2D eigenvalue weighted by Gasteiger charge is 2.14. The number of H-pyrrole nitrogens is 1. The fraction of sp³-hybridized carbons (Fsp3) is 0. The second kappa shape index (κ2) is 2.61. The molecule has 0 radical (unpaired) electrons. The van der Waals surface area contributed by atoms with E-state index in [0.29, 0.717) is 0 Å². The number of hydrogen-bond acceptors (Lipinski definition) is 3. The van der Waals surface area contributed by atoms with Gasteiger partial charge in [-0.05, 0) is 12.1 Å². The number of carboxylic acids is 1. The standard InChI is InChI=1S/C5H5NO5S/c7-5(8)3-1-2-4(6-3)12(9,10)11/h1-2,6H,(H,7,8)(H,9,10,11). The van der Waals surface area contributed by atoms with Crippen molar-refractivity contribution in [1.82, 2.24) is 4.98 Å². The Hall–Kier alpha value is -1.34. The van der Waals surface area contributed by atoms with Crippen LogP contribution in [-0.2, 0) is 10.1 Å². The minimum atomic E-state index is -4.33. The minimum Gasteiger partial charge on any atom is -0.477 e. The molecule has 0 aliphatic carbocycles. The van der Waals surface area contributed by atoms with E-state index >= 15 is 0 Å². The van der Waals surface area contributed by atoms with Gasteiger partial charge in [-0.15, -0.1) is 0 Å². The summed E-state index contributed by atoms with van der Waals surface area (Å²) in [4.78, 5) is 12.2. The highest BCUT2D eigenvalue weighted by atomic mass is 32.2. The van der Waals surface area contributed by atoms with E-state index in [9.17, 15) is 13.2 Å². The zero-order valence-corrected chi connectivity index (χ0v) is 6.50. The van der Waals surface area contributed by atoms with Gasteiger partial charge in [-0.1, -0.05) is 0 Å². The van der Waals surface area contributed by atoms with Crippen molar-refractivity contribution in [3.05, 3.63) is 17.8 Å². The largest absolute Gasteiger partial charge is 0.477 e. The smallest absolute Gasteiger partial charge is 0.352 e. The van der Waals surface area contributed by atoms with Crippen LogP contribution in [0.1, 0.15) is 10.5 Å². The molecule has 0 saturated heterocycles. The van der Waals surface area contributed by atoms with E-state index in [4.69, 9.17) is 9.66 Å². The highest BCUT2D eigenvalue weighted by Crippen LogP contribution is 2.07. The minimum absolute atomic E-state index is 0.289. The Morgan fingerprint density at radius 1 is 1.42 bits per heavy atom. The number of carboxylic acid groups (broad SMARTS) is 1. The predicted octanol–water partition coefficient (Wildman–Crippen LogP) is -0.0404. The van der Waals surface area contributed by atoms with Gasteiger partial charge in [-0.2, -0.15) is 8.42 Å². The summed E-state index contributed by atoms with van der Waals surface area (Å²) in [7, 11) is -4.33. The molecule has 66 valence electrons. The molecule has 0 aliphatic rings. The average molecular weight is 191 g/mol. The molecule has 0 spiro atoms. The zero-order valence-electron chi connectivity index (χ0n) is 5.68. The zero-order chi connectivity index (χ0) is 9.35. The van der Waals surface area contributed by atoms with Gasteiger partial charge in [0.15, 0.2) is 5.03 Å². The van der Waals surface area contributed by atoms with Gasteiger partial charge in [0.25, 0.3) is 0 Å². The van der Waals surface area contributed by atoms with Crippen LogP contribution in [0.4, 0.5) is 0 Å². The summed E-state index contributed by atoms with van der Waals surface area (Å²) in [5.74, 6) is -1.29. The van der Waals surface area contributed by atoms with E-state index in [2.05, 4.69) is 0 Å². The van der Waals surface area contributed by atoms with Gasteiger partial charge in [0.2, 0.25) is 0 Å². The molecule has 0 atom stereocenters. The maximum Gasteiger partial charge on any atom is 0.352 e. The van der Waals surface area contributed by atoms with Crippen molar-refractivity contribution in [2.75, 3.05) is 0 Å². The molecule has 7 heteroatoms. The van der Waals surface area contributed by atoms with Crippen LogP contribution in [0.3, 0.4) is 0 Å². The Morgan fingerprint density at radius 2 is 2.00 bits per heavy atom. The molecule has 1 heterocycles. The van der Waals surface area contributed by atoms with Gasteiger partial charge >= 0.3 is 16.1 Å². The van der Waals surface area contributed by atoms with Crippen LogP contribution in [0.2, 0.25) is 0 Å². The van der Waals surface area contributed by atoms with Crippen molar-refractivity contribution >= 4 is 16.1 Å². The highest BCUT2D eigenvalue weighted by molar-refractivity contribution is 7.85. The van der Waals surface area contributed by atoms with Crippen molar-refractivity contribution < 1.29 is 22.9 Å². The Labute approximate surface area is 67.6 Å². The molecule has 1 rings (SSSR count). The quantitative estimate of drug-likeness (QED) is 0.568. The maximum absolute atomic E-state index is 10.4. The van der Waals surface area contributed by atoms with Gasteiger partial charge in [0.1, 0.15) is 5.69 Å². The van der Waals surface area contributed by atoms with E-state index in [1.807, 2.05) is 4.98 Å². The lowest BCUT2D eigenvalue weighted by molar-refractivity contribution is 0.0691. The molecule has 0 aromatic carbocycles. The molecule has 0 unspecified atom stereocenters. The Kier molecular flexibility index (Phi) is 1.90. The summed E-state index contributed by atoms with van der Waals surface area (Å²) < 4.78 is 29.2. The SMILES string of the molecule is O=C(O)c1ccc(S(=O)(=O)O)[nH]1. The number of aromatic nitrogens is 1. The Balaban J connectivity index is 3.17. The van der Waals surface area contributed by atoms with Gasteiger partial charge in [-0.3, -0.25) is 4.55 Å². The van der Waals surface area contributed by atoms with Crippen molar-refractivity contribution in [2.45, 2.75) is 5.03 Å². The van der Waals surface area contributed by atoms with Crippen LogP contribution in [0.5, 0.6) is 0 Å². The van der Waals surface area contributed by atoms with Crippen molar-refractivity contribution in [1.29, 1.82) is 0 Å². The first-order valence-corrected chi connectivity index (χ1v) is 4.25. The lowest BCUT2D eigenvalue weighted by Crippen LogP contribution is -2.01.